The van der Waals surface area contributed by atoms with E-state index in [-0.39, 0.29) is 11.9 Å². The first kappa shape index (κ1) is 13.5. The van der Waals surface area contributed by atoms with E-state index in [0.29, 0.717) is 13.0 Å². The number of rotatable bonds is 6. The normalized spacial score (nSPS) is 11.9. The third-order valence-corrected chi connectivity index (χ3v) is 2.43. The van der Waals surface area contributed by atoms with Gasteiger partial charge in [0.2, 0.25) is 5.91 Å². The third kappa shape index (κ3) is 4.87. The number of hydrogen-bond donors (Lipinski definition) is 2. The predicted molar refractivity (Wildman–Crippen MR) is 69.4 cm³/mol. The van der Waals surface area contributed by atoms with Gasteiger partial charge in [-0.1, -0.05) is 0 Å². The molecule has 1 atom stereocenters. The van der Waals surface area contributed by atoms with E-state index in [2.05, 4.69) is 10.6 Å². The Hall–Kier alpha value is -1.55. The van der Waals surface area contributed by atoms with Crippen LogP contribution in [-0.4, -0.2) is 25.6 Å². The molecule has 1 rings (SSSR count). The highest BCUT2D eigenvalue weighted by Crippen LogP contribution is 2.15. The van der Waals surface area contributed by atoms with E-state index in [9.17, 15) is 4.79 Å². The van der Waals surface area contributed by atoms with Gasteiger partial charge in [-0.15, -0.1) is 0 Å². The molecule has 0 heterocycles. The first-order valence-corrected chi connectivity index (χ1v) is 5.85. The summed E-state index contributed by atoms with van der Waals surface area (Å²) < 4.78 is 5.33. The summed E-state index contributed by atoms with van der Waals surface area (Å²) in [4.78, 5) is 11.6. The van der Waals surface area contributed by atoms with Gasteiger partial charge >= 0.3 is 0 Å². The van der Waals surface area contributed by atoms with Crippen LogP contribution >= 0.6 is 0 Å². The molecule has 17 heavy (non-hydrogen) atoms. The van der Waals surface area contributed by atoms with Gasteiger partial charge < -0.3 is 15.4 Å². The van der Waals surface area contributed by atoms with Crippen LogP contribution in [-0.2, 0) is 4.79 Å². The molecule has 94 valence electrons. The lowest BCUT2D eigenvalue weighted by atomic mass is 10.2. The van der Waals surface area contributed by atoms with Gasteiger partial charge in [0.1, 0.15) is 5.75 Å². The van der Waals surface area contributed by atoms with Crippen molar-refractivity contribution in [3.8, 4) is 5.75 Å². The molecular formula is C13H20N2O2. The van der Waals surface area contributed by atoms with Gasteiger partial charge in [0, 0.05) is 18.2 Å². The van der Waals surface area contributed by atoms with Crippen LogP contribution in [0.1, 0.15) is 20.3 Å². The Morgan fingerprint density at radius 2 is 2.00 bits per heavy atom. The monoisotopic (exact) mass is 236 g/mol. The van der Waals surface area contributed by atoms with Crippen molar-refractivity contribution < 1.29 is 9.53 Å². The first-order chi connectivity index (χ1) is 8.15. The highest BCUT2D eigenvalue weighted by atomic mass is 16.5. The van der Waals surface area contributed by atoms with Gasteiger partial charge in [-0.25, -0.2) is 0 Å². The van der Waals surface area contributed by atoms with Gasteiger partial charge in [-0.2, -0.15) is 0 Å². The zero-order valence-electron chi connectivity index (χ0n) is 10.6. The molecule has 1 amide bonds. The molecule has 4 heteroatoms. The largest absolute Gasteiger partial charge is 0.494 e. The van der Waals surface area contributed by atoms with Crippen molar-refractivity contribution in [3.05, 3.63) is 24.3 Å². The fourth-order valence-corrected chi connectivity index (χ4v) is 1.39. The Bertz CT molecular complexity index is 349. The number of anilines is 1. The SMILES string of the molecule is CCOc1ccc(NC(=O)CC(C)NC)cc1. The minimum Gasteiger partial charge on any atom is -0.494 e. The van der Waals surface area contributed by atoms with Crippen molar-refractivity contribution in [1.82, 2.24) is 5.32 Å². The fraction of sp³-hybridized carbons (Fsp3) is 0.462. The molecule has 0 aliphatic rings. The van der Waals surface area contributed by atoms with Gasteiger partial charge in [0.15, 0.2) is 0 Å². The van der Waals surface area contributed by atoms with E-state index >= 15 is 0 Å². The predicted octanol–water partition coefficient (Wildman–Crippen LogP) is 2.02. The molecule has 0 bridgehead atoms. The second-order valence-corrected chi connectivity index (χ2v) is 3.90. The quantitative estimate of drug-likeness (QED) is 0.794. The van der Waals surface area contributed by atoms with Crippen molar-refractivity contribution in [2.45, 2.75) is 26.3 Å². The van der Waals surface area contributed by atoms with Crippen LogP contribution in [0.3, 0.4) is 0 Å². The van der Waals surface area contributed by atoms with E-state index in [1.54, 1.807) is 0 Å². The average Bonchev–Trinajstić information content (AvgIpc) is 2.31. The number of carbonyl (C=O) groups is 1. The van der Waals surface area contributed by atoms with Crippen molar-refractivity contribution in [2.75, 3.05) is 19.0 Å². The number of hydrogen-bond acceptors (Lipinski definition) is 3. The first-order valence-electron chi connectivity index (χ1n) is 5.85. The average molecular weight is 236 g/mol. The highest BCUT2D eigenvalue weighted by Gasteiger charge is 2.07. The van der Waals surface area contributed by atoms with E-state index in [1.165, 1.54) is 0 Å². The van der Waals surface area contributed by atoms with Crippen LogP contribution in [0.15, 0.2) is 24.3 Å². The number of ether oxygens (including phenoxy) is 1. The van der Waals surface area contributed by atoms with E-state index in [4.69, 9.17) is 4.74 Å². The highest BCUT2D eigenvalue weighted by molar-refractivity contribution is 5.91. The summed E-state index contributed by atoms with van der Waals surface area (Å²) in [6.07, 6.45) is 0.462. The van der Waals surface area contributed by atoms with E-state index in [0.717, 1.165) is 11.4 Å². The summed E-state index contributed by atoms with van der Waals surface area (Å²) in [5.74, 6) is 0.824. The fourth-order valence-electron chi connectivity index (χ4n) is 1.39. The number of nitrogens with one attached hydrogen (secondary N) is 2. The lowest BCUT2D eigenvalue weighted by Crippen LogP contribution is -2.27. The Kier molecular flexibility index (Phi) is 5.49. The van der Waals surface area contributed by atoms with Crippen LogP contribution in [0, 0.1) is 0 Å². The summed E-state index contributed by atoms with van der Waals surface area (Å²) >= 11 is 0. The molecule has 0 aliphatic carbocycles. The van der Waals surface area contributed by atoms with Crippen LogP contribution < -0.4 is 15.4 Å². The maximum absolute atomic E-state index is 11.6. The second-order valence-electron chi connectivity index (χ2n) is 3.90. The number of benzene rings is 1. The molecule has 4 nitrogen and oxygen atoms in total. The smallest absolute Gasteiger partial charge is 0.225 e. The van der Waals surface area contributed by atoms with Crippen LogP contribution in [0.5, 0.6) is 5.75 Å². The van der Waals surface area contributed by atoms with Crippen molar-refractivity contribution in [2.24, 2.45) is 0 Å². The van der Waals surface area contributed by atoms with E-state index in [1.807, 2.05) is 45.2 Å². The summed E-state index contributed by atoms with van der Waals surface area (Å²) in [6.45, 7) is 4.55. The summed E-state index contributed by atoms with van der Waals surface area (Å²) in [5.41, 5.74) is 0.793. The van der Waals surface area contributed by atoms with Gasteiger partial charge in [0.25, 0.3) is 0 Å². The molecule has 0 radical (unpaired) electrons. The minimum absolute atomic E-state index is 0.0102. The van der Waals surface area contributed by atoms with Crippen LogP contribution in [0.4, 0.5) is 5.69 Å². The third-order valence-electron chi connectivity index (χ3n) is 2.43. The Balaban J connectivity index is 2.48. The van der Waals surface area contributed by atoms with Crippen molar-refractivity contribution >= 4 is 11.6 Å². The summed E-state index contributed by atoms with van der Waals surface area (Å²) in [5, 5.41) is 5.87. The Morgan fingerprint density at radius 1 is 1.35 bits per heavy atom. The number of carbonyl (C=O) groups excluding carboxylic acids is 1. The maximum Gasteiger partial charge on any atom is 0.225 e. The molecule has 1 unspecified atom stereocenters. The lowest BCUT2D eigenvalue weighted by Gasteiger charge is -2.10. The zero-order valence-corrected chi connectivity index (χ0v) is 10.6. The standard InChI is InChI=1S/C13H20N2O2/c1-4-17-12-7-5-11(6-8-12)15-13(16)9-10(2)14-3/h5-8,10,14H,4,9H2,1-3H3,(H,15,16). The number of amides is 1. The lowest BCUT2D eigenvalue weighted by molar-refractivity contribution is -0.116. The van der Waals surface area contributed by atoms with Crippen molar-refractivity contribution in [3.63, 3.8) is 0 Å². The zero-order chi connectivity index (χ0) is 12.7. The molecule has 1 aromatic carbocycles. The molecule has 0 saturated carbocycles. The van der Waals surface area contributed by atoms with Crippen LogP contribution in [0.2, 0.25) is 0 Å². The van der Waals surface area contributed by atoms with Gasteiger partial charge in [-0.05, 0) is 45.2 Å². The van der Waals surface area contributed by atoms with Gasteiger partial charge in [-0.3, -0.25) is 4.79 Å². The van der Waals surface area contributed by atoms with Crippen molar-refractivity contribution in [1.29, 1.82) is 0 Å². The Labute approximate surface area is 102 Å². The molecule has 0 fully saturated rings. The summed E-state index contributed by atoms with van der Waals surface area (Å²) in [7, 11) is 1.84. The molecule has 0 aliphatic heterocycles. The van der Waals surface area contributed by atoms with Crippen LogP contribution in [0.25, 0.3) is 0 Å². The Morgan fingerprint density at radius 3 is 2.53 bits per heavy atom. The molecular weight excluding hydrogens is 216 g/mol. The van der Waals surface area contributed by atoms with Gasteiger partial charge in [0.05, 0.1) is 6.61 Å². The topological polar surface area (TPSA) is 50.4 Å². The molecule has 0 spiro atoms. The van der Waals surface area contributed by atoms with E-state index < -0.39 is 0 Å². The molecule has 1 aromatic rings. The molecule has 0 aromatic heterocycles. The maximum atomic E-state index is 11.6. The minimum atomic E-state index is 0.0102. The summed E-state index contributed by atoms with van der Waals surface area (Å²) in [6, 6.07) is 7.55. The molecule has 2 N–H and O–H groups in total. The molecule has 0 saturated heterocycles. The second kappa shape index (κ2) is 6.91.